The lowest BCUT2D eigenvalue weighted by Crippen LogP contribution is -2.26. The number of nitrogens with zero attached hydrogens (tertiary/aromatic N) is 1. The van der Waals surface area contributed by atoms with Gasteiger partial charge in [0.05, 0.1) is 18.0 Å². The van der Waals surface area contributed by atoms with E-state index in [1.54, 1.807) is 30.5 Å². The average Bonchev–Trinajstić information content (AvgIpc) is 2.37. The molecule has 98 valence electrons. The Morgan fingerprint density at radius 3 is 2.67 bits per heavy atom. The average molecular weight is 250 g/mol. The Labute approximate surface area is 106 Å². The minimum absolute atomic E-state index is 0.342. The van der Waals surface area contributed by atoms with E-state index in [4.69, 9.17) is 16.3 Å². The standard InChI is InChI=1S/C12H18N4O2/c1-2-18-8-10(13)7-16(14)12-5-3-11(4-6-12)15-9-17/h3-7,9H,2,8,13-14H2,1H3,(H,15,17)/b10-7-. The number of amides is 1. The first-order valence-electron chi connectivity index (χ1n) is 5.55. The summed E-state index contributed by atoms with van der Waals surface area (Å²) in [6.45, 7) is 2.84. The first-order chi connectivity index (χ1) is 8.67. The summed E-state index contributed by atoms with van der Waals surface area (Å²) in [5, 5.41) is 3.94. The van der Waals surface area contributed by atoms with Crippen molar-refractivity contribution in [2.24, 2.45) is 11.6 Å². The smallest absolute Gasteiger partial charge is 0.211 e. The highest BCUT2D eigenvalue weighted by Gasteiger charge is 2.00. The maximum Gasteiger partial charge on any atom is 0.211 e. The fourth-order valence-corrected chi connectivity index (χ4v) is 1.31. The number of rotatable bonds is 7. The largest absolute Gasteiger partial charge is 0.399 e. The van der Waals surface area contributed by atoms with Gasteiger partial charge < -0.3 is 15.8 Å². The Hall–Kier alpha value is -2.05. The van der Waals surface area contributed by atoms with Crippen LogP contribution in [0.2, 0.25) is 0 Å². The molecule has 5 N–H and O–H groups in total. The number of nitrogens with one attached hydrogen (secondary N) is 1. The molecule has 0 aliphatic heterocycles. The maximum atomic E-state index is 10.3. The van der Waals surface area contributed by atoms with Gasteiger partial charge in [-0.05, 0) is 31.2 Å². The molecule has 0 bridgehead atoms. The molecule has 0 aromatic heterocycles. The van der Waals surface area contributed by atoms with E-state index in [1.807, 2.05) is 6.92 Å². The number of ether oxygens (including phenoxy) is 1. The second-order valence-electron chi connectivity index (χ2n) is 3.56. The van der Waals surface area contributed by atoms with E-state index in [-0.39, 0.29) is 0 Å². The van der Waals surface area contributed by atoms with Crippen LogP contribution in [0.1, 0.15) is 6.92 Å². The van der Waals surface area contributed by atoms with E-state index in [0.29, 0.717) is 31.0 Å². The minimum atomic E-state index is 0.342. The second-order valence-corrected chi connectivity index (χ2v) is 3.56. The number of carbonyl (C=O) groups is 1. The van der Waals surface area contributed by atoms with Gasteiger partial charge in [-0.3, -0.25) is 9.80 Å². The summed E-state index contributed by atoms with van der Waals surface area (Å²) in [6, 6.07) is 7.04. The van der Waals surface area contributed by atoms with Crippen molar-refractivity contribution in [3.8, 4) is 0 Å². The van der Waals surface area contributed by atoms with Crippen molar-refractivity contribution in [3.05, 3.63) is 36.2 Å². The first kappa shape index (κ1) is 14.0. The fraction of sp³-hybridized carbons (Fsp3) is 0.250. The summed E-state index contributed by atoms with van der Waals surface area (Å²) < 4.78 is 5.16. The lowest BCUT2D eigenvalue weighted by Gasteiger charge is -2.15. The van der Waals surface area contributed by atoms with Crippen LogP contribution in [0.5, 0.6) is 0 Å². The topological polar surface area (TPSA) is 93.6 Å². The number of hydrogen-bond donors (Lipinski definition) is 3. The van der Waals surface area contributed by atoms with Crippen molar-refractivity contribution >= 4 is 17.8 Å². The molecule has 1 aromatic carbocycles. The third kappa shape index (κ3) is 4.44. The molecule has 18 heavy (non-hydrogen) atoms. The van der Waals surface area contributed by atoms with Crippen molar-refractivity contribution in [2.45, 2.75) is 6.92 Å². The molecule has 6 nitrogen and oxygen atoms in total. The summed E-state index contributed by atoms with van der Waals surface area (Å²) in [4.78, 5) is 10.3. The predicted octanol–water partition coefficient (Wildman–Crippen LogP) is 0.772. The van der Waals surface area contributed by atoms with Crippen LogP contribution in [0, 0.1) is 0 Å². The van der Waals surface area contributed by atoms with Gasteiger partial charge >= 0.3 is 0 Å². The number of anilines is 2. The van der Waals surface area contributed by atoms with Gasteiger partial charge in [0, 0.05) is 18.5 Å². The Morgan fingerprint density at radius 2 is 2.11 bits per heavy atom. The molecule has 1 rings (SSSR count). The van der Waals surface area contributed by atoms with Crippen LogP contribution in [0.25, 0.3) is 0 Å². The predicted molar refractivity (Wildman–Crippen MR) is 71.6 cm³/mol. The Morgan fingerprint density at radius 1 is 1.44 bits per heavy atom. The maximum absolute atomic E-state index is 10.3. The van der Waals surface area contributed by atoms with Gasteiger partial charge in [0.25, 0.3) is 0 Å². The molecular formula is C12H18N4O2. The van der Waals surface area contributed by atoms with Crippen molar-refractivity contribution in [1.29, 1.82) is 0 Å². The van der Waals surface area contributed by atoms with E-state index in [1.165, 1.54) is 5.01 Å². The molecule has 0 fully saturated rings. The normalized spacial score (nSPS) is 11.1. The van der Waals surface area contributed by atoms with E-state index >= 15 is 0 Å². The number of benzene rings is 1. The third-order valence-electron chi connectivity index (χ3n) is 2.17. The van der Waals surface area contributed by atoms with Crippen LogP contribution in [0.15, 0.2) is 36.2 Å². The number of hydrogen-bond acceptors (Lipinski definition) is 5. The first-order valence-corrected chi connectivity index (χ1v) is 5.55. The third-order valence-corrected chi connectivity index (χ3v) is 2.17. The number of carbonyl (C=O) groups excluding carboxylic acids is 1. The molecule has 1 amide bonds. The zero-order chi connectivity index (χ0) is 13.4. The monoisotopic (exact) mass is 250 g/mol. The van der Waals surface area contributed by atoms with E-state index < -0.39 is 0 Å². The van der Waals surface area contributed by atoms with Crippen molar-refractivity contribution in [3.63, 3.8) is 0 Å². The minimum Gasteiger partial charge on any atom is -0.399 e. The molecule has 1 aromatic rings. The highest BCUT2D eigenvalue weighted by Crippen LogP contribution is 2.15. The van der Waals surface area contributed by atoms with Crippen molar-refractivity contribution in [2.75, 3.05) is 23.5 Å². The molecule has 0 heterocycles. The van der Waals surface area contributed by atoms with Gasteiger partial charge in [-0.2, -0.15) is 0 Å². The van der Waals surface area contributed by atoms with Gasteiger partial charge in [0.1, 0.15) is 0 Å². The van der Waals surface area contributed by atoms with E-state index in [0.717, 1.165) is 5.69 Å². The molecular weight excluding hydrogens is 232 g/mol. The lowest BCUT2D eigenvalue weighted by molar-refractivity contribution is -0.105. The van der Waals surface area contributed by atoms with Crippen LogP contribution < -0.4 is 21.9 Å². The summed E-state index contributed by atoms with van der Waals surface area (Å²) in [5.41, 5.74) is 7.73. The molecule has 0 atom stereocenters. The van der Waals surface area contributed by atoms with Gasteiger partial charge in [0.15, 0.2) is 0 Å². The van der Waals surface area contributed by atoms with Crippen LogP contribution >= 0.6 is 0 Å². The van der Waals surface area contributed by atoms with Crippen LogP contribution in [0.3, 0.4) is 0 Å². The van der Waals surface area contributed by atoms with Crippen LogP contribution in [0.4, 0.5) is 11.4 Å². The van der Waals surface area contributed by atoms with Gasteiger partial charge in [0.2, 0.25) is 6.41 Å². The van der Waals surface area contributed by atoms with Gasteiger partial charge in [-0.25, -0.2) is 5.84 Å². The Bertz CT molecular complexity index is 403. The number of nitrogens with two attached hydrogens (primary N) is 2. The molecule has 0 aliphatic rings. The number of hydrazine groups is 1. The van der Waals surface area contributed by atoms with Gasteiger partial charge in [-0.1, -0.05) is 0 Å². The summed E-state index contributed by atoms with van der Waals surface area (Å²) in [6.07, 6.45) is 2.22. The van der Waals surface area contributed by atoms with Crippen LogP contribution in [-0.4, -0.2) is 19.6 Å². The Balaban J connectivity index is 2.65. The van der Waals surface area contributed by atoms with Gasteiger partial charge in [-0.15, -0.1) is 0 Å². The highest BCUT2D eigenvalue weighted by molar-refractivity contribution is 5.72. The fourth-order valence-electron chi connectivity index (χ4n) is 1.31. The molecule has 0 aliphatic carbocycles. The summed E-state index contributed by atoms with van der Waals surface area (Å²) in [7, 11) is 0. The molecule has 0 radical (unpaired) electrons. The Kier molecular flexibility index (Phi) is 5.69. The second kappa shape index (κ2) is 7.31. The zero-order valence-corrected chi connectivity index (χ0v) is 10.3. The molecule has 6 heteroatoms. The summed E-state index contributed by atoms with van der Waals surface area (Å²) >= 11 is 0. The highest BCUT2D eigenvalue weighted by atomic mass is 16.5. The molecule has 0 spiro atoms. The molecule has 0 unspecified atom stereocenters. The quantitative estimate of drug-likeness (QED) is 0.377. The molecule has 0 saturated carbocycles. The zero-order valence-electron chi connectivity index (χ0n) is 10.3. The molecule has 0 saturated heterocycles. The van der Waals surface area contributed by atoms with Crippen LogP contribution in [-0.2, 0) is 9.53 Å². The van der Waals surface area contributed by atoms with E-state index in [2.05, 4.69) is 5.32 Å². The van der Waals surface area contributed by atoms with Crippen molar-refractivity contribution in [1.82, 2.24) is 0 Å². The van der Waals surface area contributed by atoms with E-state index in [9.17, 15) is 4.79 Å². The lowest BCUT2D eigenvalue weighted by atomic mass is 10.3. The summed E-state index contributed by atoms with van der Waals surface area (Å²) in [5.74, 6) is 5.82. The SMILES string of the molecule is CCOC/C(N)=C/N(N)c1ccc(NC=O)cc1. The van der Waals surface area contributed by atoms with Crippen molar-refractivity contribution < 1.29 is 9.53 Å².